The van der Waals surface area contributed by atoms with Gasteiger partial charge in [-0.1, -0.05) is 35.9 Å². The van der Waals surface area contributed by atoms with E-state index in [-0.39, 0.29) is 0 Å². The number of rotatable bonds is 0. The Bertz CT molecular complexity index is 153. The maximum absolute atomic E-state index is 4.87. The van der Waals surface area contributed by atoms with E-state index in [1.165, 1.54) is 5.56 Å². The van der Waals surface area contributed by atoms with E-state index in [9.17, 15) is 0 Å². The molecule has 0 aromatic heterocycles. The minimum atomic E-state index is -0.466. The topological polar surface area (TPSA) is 0 Å². The van der Waals surface area contributed by atoms with Crippen molar-refractivity contribution in [3.05, 3.63) is 35.9 Å². The van der Waals surface area contributed by atoms with Crippen molar-refractivity contribution in [3.63, 3.8) is 0 Å². The summed E-state index contributed by atoms with van der Waals surface area (Å²) < 4.78 is 0. The summed E-state index contributed by atoms with van der Waals surface area (Å²) in [5, 5.41) is 0. The third-order valence-corrected chi connectivity index (χ3v) is 0.940. The number of hydrogen-bond donors (Lipinski definition) is 0. The fraction of sp³-hybridized carbons (Fsp3) is 0.143. The average molecular weight is 290 g/mol. The molecule has 0 N–H and O–H groups in total. The summed E-state index contributed by atoms with van der Waals surface area (Å²) >= 11 is -0.466. The van der Waals surface area contributed by atoms with Crippen LogP contribution in [0.15, 0.2) is 30.3 Å². The van der Waals surface area contributed by atoms with Crippen molar-refractivity contribution in [3.8, 4) is 0 Å². The SMILES string of the molecule is Cc1ccccc1.Cl[I-]Cl. The van der Waals surface area contributed by atoms with Crippen LogP contribution in [0.25, 0.3) is 0 Å². The first-order chi connectivity index (χ1) is 4.81. The average Bonchev–Trinajstić information content (AvgIpc) is 1.91. The van der Waals surface area contributed by atoms with Crippen LogP contribution in [0.5, 0.6) is 0 Å². The van der Waals surface area contributed by atoms with Gasteiger partial charge in [0.1, 0.15) is 0 Å². The van der Waals surface area contributed by atoms with E-state index >= 15 is 0 Å². The van der Waals surface area contributed by atoms with Crippen molar-refractivity contribution in [1.29, 1.82) is 0 Å². The summed E-state index contributed by atoms with van der Waals surface area (Å²) in [6.45, 7) is 2.08. The molecule has 1 aromatic carbocycles. The van der Waals surface area contributed by atoms with Gasteiger partial charge in [-0.15, -0.1) is 0 Å². The zero-order chi connectivity index (χ0) is 7.82. The number of aryl methyl sites for hydroxylation is 1. The first kappa shape index (κ1) is 10.5. The van der Waals surface area contributed by atoms with Gasteiger partial charge in [0.2, 0.25) is 0 Å². The van der Waals surface area contributed by atoms with E-state index in [4.69, 9.17) is 17.8 Å². The van der Waals surface area contributed by atoms with Crippen LogP contribution in [0.4, 0.5) is 0 Å². The summed E-state index contributed by atoms with van der Waals surface area (Å²) in [6, 6.07) is 10.3. The van der Waals surface area contributed by atoms with E-state index in [1.807, 2.05) is 18.2 Å². The van der Waals surface area contributed by atoms with Crippen molar-refractivity contribution in [1.82, 2.24) is 0 Å². The molecule has 0 radical (unpaired) electrons. The fourth-order valence-corrected chi connectivity index (χ4v) is 0.534. The number of benzene rings is 1. The Morgan fingerprint density at radius 2 is 1.50 bits per heavy atom. The number of halogens is 3. The zero-order valence-corrected chi connectivity index (χ0v) is 9.19. The van der Waals surface area contributed by atoms with Crippen LogP contribution in [0, 0.1) is 6.92 Å². The second-order valence-electron chi connectivity index (χ2n) is 1.71. The summed E-state index contributed by atoms with van der Waals surface area (Å²) in [5.74, 6) is 0. The molecule has 0 bridgehead atoms. The molecule has 58 valence electrons. The van der Waals surface area contributed by atoms with Gasteiger partial charge in [-0.05, 0) is 6.92 Å². The van der Waals surface area contributed by atoms with Gasteiger partial charge in [0, 0.05) is 0 Å². The van der Waals surface area contributed by atoms with Gasteiger partial charge in [0.15, 0.2) is 0 Å². The van der Waals surface area contributed by atoms with Crippen molar-refractivity contribution >= 4 is 17.8 Å². The molecule has 0 saturated heterocycles. The van der Waals surface area contributed by atoms with Gasteiger partial charge >= 0.3 is 36.8 Å². The predicted molar refractivity (Wildman–Crippen MR) is 42.9 cm³/mol. The van der Waals surface area contributed by atoms with Crippen molar-refractivity contribution in [2.24, 2.45) is 0 Å². The molecule has 10 heavy (non-hydrogen) atoms. The molecule has 1 aromatic rings. The summed E-state index contributed by atoms with van der Waals surface area (Å²) in [5.41, 5.74) is 1.32. The molecule has 0 heterocycles. The summed E-state index contributed by atoms with van der Waals surface area (Å²) in [4.78, 5) is 0. The quantitative estimate of drug-likeness (QED) is 0.606. The molecule has 0 aliphatic carbocycles. The van der Waals surface area contributed by atoms with Crippen LogP contribution in [-0.4, -0.2) is 0 Å². The fourth-order valence-electron chi connectivity index (χ4n) is 0.534. The Morgan fingerprint density at radius 3 is 1.70 bits per heavy atom. The van der Waals surface area contributed by atoms with Gasteiger partial charge in [-0.2, -0.15) is 0 Å². The normalized spacial score (nSPS) is 8.30. The van der Waals surface area contributed by atoms with Crippen LogP contribution in [0.3, 0.4) is 0 Å². The van der Waals surface area contributed by atoms with Gasteiger partial charge in [-0.25, -0.2) is 0 Å². The standard InChI is InChI=1S/C7H8.Cl2I/c1-7-5-3-2-4-6-7;1-3-2/h2-6H,1H3;/q;-1. The molecule has 0 aliphatic heterocycles. The Hall–Kier alpha value is 0.530. The Labute approximate surface area is 79.2 Å². The Balaban J connectivity index is 0.000000236. The molecular weight excluding hydrogens is 282 g/mol. The van der Waals surface area contributed by atoms with Crippen molar-refractivity contribution < 1.29 is 18.9 Å². The summed E-state index contributed by atoms with van der Waals surface area (Å²) in [7, 11) is 9.75. The second-order valence-corrected chi connectivity index (χ2v) is 4.91. The van der Waals surface area contributed by atoms with Gasteiger partial charge in [0.25, 0.3) is 0 Å². The molecule has 0 aliphatic rings. The van der Waals surface area contributed by atoms with E-state index in [1.54, 1.807) is 0 Å². The predicted octanol–water partition coefficient (Wildman–Crippen LogP) is 0.378. The first-order valence-corrected chi connectivity index (χ1v) is 8.16. The minimum absolute atomic E-state index is 0.466. The van der Waals surface area contributed by atoms with Crippen molar-refractivity contribution in [2.45, 2.75) is 6.92 Å². The van der Waals surface area contributed by atoms with Gasteiger partial charge in [-0.3, -0.25) is 0 Å². The van der Waals surface area contributed by atoms with Crippen LogP contribution < -0.4 is 18.9 Å². The molecule has 3 heteroatoms. The first-order valence-electron chi connectivity index (χ1n) is 2.70. The summed E-state index contributed by atoms with van der Waals surface area (Å²) in [6.07, 6.45) is 0. The molecule has 0 fully saturated rings. The van der Waals surface area contributed by atoms with E-state index in [2.05, 4.69) is 19.1 Å². The van der Waals surface area contributed by atoms with Crippen LogP contribution in [0.2, 0.25) is 0 Å². The Kier molecular flexibility index (Phi) is 8.04. The Morgan fingerprint density at radius 1 is 1.10 bits per heavy atom. The van der Waals surface area contributed by atoms with E-state index in [0.717, 1.165) is 0 Å². The van der Waals surface area contributed by atoms with Crippen molar-refractivity contribution in [2.75, 3.05) is 0 Å². The molecule has 0 nitrogen and oxygen atoms in total. The van der Waals surface area contributed by atoms with Gasteiger partial charge < -0.3 is 0 Å². The molecule has 0 saturated carbocycles. The van der Waals surface area contributed by atoms with Crippen LogP contribution in [0.1, 0.15) is 5.56 Å². The van der Waals surface area contributed by atoms with Gasteiger partial charge in [0.05, 0.1) is 0 Å². The van der Waals surface area contributed by atoms with E-state index in [0.29, 0.717) is 0 Å². The molecule has 0 atom stereocenters. The zero-order valence-electron chi connectivity index (χ0n) is 5.52. The number of hydrogen-bond acceptors (Lipinski definition) is 0. The monoisotopic (exact) mass is 289 g/mol. The molecule has 1 rings (SSSR count). The second kappa shape index (κ2) is 7.63. The maximum atomic E-state index is 4.87. The van der Waals surface area contributed by atoms with Crippen LogP contribution in [-0.2, 0) is 0 Å². The third-order valence-electron chi connectivity index (χ3n) is 0.940. The van der Waals surface area contributed by atoms with E-state index < -0.39 is 18.9 Å². The molecule has 0 spiro atoms. The molecule has 0 amide bonds. The molecule has 0 unspecified atom stereocenters. The van der Waals surface area contributed by atoms with Crippen LogP contribution >= 0.6 is 17.8 Å². The molecular formula is C7H8Cl2I-. The third kappa shape index (κ3) is 6.65.